The van der Waals surface area contributed by atoms with E-state index in [0.717, 1.165) is 9.37 Å². The normalized spacial score (nSPS) is 10.6. The average Bonchev–Trinajstić information content (AvgIpc) is 2.42. The van der Waals surface area contributed by atoms with Crippen molar-refractivity contribution in [1.29, 1.82) is 0 Å². The zero-order valence-electron chi connectivity index (χ0n) is 11.0. The Hall–Kier alpha value is -1.13. The monoisotopic (exact) mass is 352 g/mol. The van der Waals surface area contributed by atoms with E-state index in [0.29, 0.717) is 11.3 Å². The predicted molar refractivity (Wildman–Crippen MR) is 84.7 cm³/mol. The van der Waals surface area contributed by atoms with Crippen LogP contribution in [0.2, 0.25) is 0 Å². The van der Waals surface area contributed by atoms with Crippen LogP contribution in [0.3, 0.4) is 0 Å². The van der Waals surface area contributed by atoms with Crippen molar-refractivity contribution >= 4 is 33.5 Å². The van der Waals surface area contributed by atoms with Gasteiger partial charge in [-0.05, 0) is 42.8 Å². The maximum absolute atomic E-state index is 13.1. The highest BCUT2D eigenvalue weighted by atomic mass is 79.9. The number of aryl methyl sites for hydroxylation is 1. The molecule has 0 unspecified atom stereocenters. The van der Waals surface area contributed by atoms with Crippen molar-refractivity contribution < 1.29 is 9.18 Å². The molecule has 0 heterocycles. The van der Waals surface area contributed by atoms with E-state index in [1.165, 1.54) is 29.5 Å². The highest BCUT2D eigenvalue weighted by Gasteiger charge is 2.09. The summed E-state index contributed by atoms with van der Waals surface area (Å²) in [6, 6.07) is 12.5. The van der Waals surface area contributed by atoms with Crippen molar-refractivity contribution in [3.63, 3.8) is 0 Å². The Bertz CT molecular complexity index is 610. The molecule has 104 valence electrons. The van der Waals surface area contributed by atoms with Crippen molar-refractivity contribution in [1.82, 2.24) is 0 Å². The van der Waals surface area contributed by atoms with Gasteiger partial charge in [0.1, 0.15) is 11.6 Å². The van der Waals surface area contributed by atoms with Crippen LogP contribution in [-0.2, 0) is 11.2 Å². The number of thioether (sulfide) groups is 1. The lowest BCUT2D eigenvalue weighted by molar-refractivity contribution is -0.116. The Morgan fingerprint density at radius 1 is 1.20 bits per heavy atom. The summed E-state index contributed by atoms with van der Waals surface area (Å²) in [5, 5.41) is 0. The molecule has 0 amide bonds. The minimum Gasteiger partial charge on any atom is -0.298 e. The number of carbonyl (C=O) groups is 1. The van der Waals surface area contributed by atoms with Crippen LogP contribution in [0, 0.1) is 12.7 Å². The maximum Gasteiger partial charge on any atom is 0.147 e. The number of ketones is 1. The number of Topliss-reactive ketones (excluding diaryl/α,β-unsaturated/α-hetero) is 1. The first-order valence-corrected chi connectivity index (χ1v) is 7.97. The summed E-state index contributed by atoms with van der Waals surface area (Å²) in [7, 11) is 0. The average molecular weight is 353 g/mol. The molecule has 20 heavy (non-hydrogen) atoms. The van der Waals surface area contributed by atoms with Gasteiger partial charge >= 0.3 is 0 Å². The van der Waals surface area contributed by atoms with E-state index >= 15 is 0 Å². The second-order valence-electron chi connectivity index (χ2n) is 4.55. The SMILES string of the molecule is Cc1ccc(SCC(=O)Cc2cc(F)ccc2Br)cc1. The summed E-state index contributed by atoms with van der Waals surface area (Å²) >= 11 is 4.85. The van der Waals surface area contributed by atoms with Gasteiger partial charge < -0.3 is 0 Å². The third kappa shape index (κ3) is 4.46. The molecule has 1 nitrogen and oxygen atoms in total. The van der Waals surface area contributed by atoms with Gasteiger partial charge in [-0.15, -0.1) is 11.8 Å². The topological polar surface area (TPSA) is 17.1 Å². The van der Waals surface area contributed by atoms with Gasteiger partial charge in [0.2, 0.25) is 0 Å². The molecular weight excluding hydrogens is 339 g/mol. The maximum atomic E-state index is 13.1. The smallest absolute Gasteiger partial charge is 0.147 e. The highest BCUT2D eigenvalue weighted by molar-refractivity contribution is 9.10. The number of hydrogen-bond acceptors (Lipinski definition) is 2. The molecule has 0 N–H and O–H groups in total. The van der Waals surface area contributed by atoms with Gasteiger partial charge in [0.25, 0.3) is 0 Å². The van der Waals surface area contributed by atoms with Crippen molar-refractivity contribution in [2.75, 3.05) is 5.75 Å². The summed E-state index contributed by atoms with van der Waals surface area (Å²) in [6.45, 7) is 2.03. The highest BCUT2D eigenvalue weighted by Crippen LogP contribution is 2.21. The molecule has 0 aliphatic carbocycles. The second-order valence-corrected chi connectivity index (χ2v) is 6.46. The molecule has 0 spiro atoms. The first-order chi connectivity index (χ1) is 9.54. The van der Waals surface area contributed by atoms with Crippen molar-refractivity contribution in [2.45, 2.75) is 18.2 Å². The van der Waals surface area contributed by atoms with Crippen molar-refractivity contribution in [3.8, 4) is 0 Å². The minimum absolute atomic E-state index is 0.0851. The number of halogens is 2. The lowest BCUT2D eigenvalue weighted by Gasteiger charge is -2.05. The molecule has 0 aliphatic heterocycles. The van der Waals surface area contributed by atoms with E-state index in [-0.39, 0.29) is 18.0 Å². The number of hydrogen-bond donors (Lipinski definition) is 0. The van der Waals surface area contributed by atoms with E-state index in [9.17, 15) is 9.18 Å². The van der Waals surface area contributed by atoms with Gasteiger partial charge in [0.15, 0.2) is 0 Å². The second kappa shape index (κ2) is 7.04. The van der Waals surface area contributed by atoms with Crippen LogP contribution in [0.5, 0.6) is 0 Å². The molecule has 0 fully saturated rings. The molecule has 2 aromatic carbocycles. The fourth-order valence-corrected chi connectivity index (χ4v) is 2.89. The summed E-state index contributed by atoms with van der Waals surface area (Å²) in [5.41, 5.74) is 1.89. The molecule has 0 atom stereocenters. The zero-order valence-corrected chi connectivity index (χ0v) is 13.4. The Morgan fingerprint density at radius 2 is 1.90 bits per heavy atom. The Balaban J connectivity index is 1.92. The van der Waals surface area contributed by atoms with E-state index in [2.05, 4.69) is 15.9 Å². The van der Waals surface area contributed by atoms with Gasteiger partial charge in [0, 0.05) is 15.8 Å². The molecular formula is C16H14BrFOS. The largest absolute Gasteiger partial charge is 0.298 e. The van der Waals surface area contributed by atoms with Gasteiger partial charge in [-0.1, -0.05) is 33.6 Å². The van der Waals surface area contributed by atoms with E-state index < -0.39 is 0 Å². The van der Waals surface area contributed by atoms with Crippen LogP contribution in [0.25, 0.3) is 0 Å². The number of rotatable bonds is 5. The first kappa shape index (κ1) is 15.3. The lowest BCUT2D eigenvalue weighted by atomic mass is 10.1. The first-order valence-electron chi connectivity index (χ1n) is 6.19. The summed E-state index contributed by atoms with van der Waals surface area (Å²) < 4.78 is 13.9. The van der Waals surface area contributed by atoms with Crippen LogP contribution in [0.1, 0.15) is 11.1 Å². The molecule has 0 radical (unpaired) electrons. The fraction of sp³-hybridized carbons (Fsp3) is 0.188. The summed E-state index contributed by atoms with van der Waals surface area (Å²) in [5.74, 6) is 0.163. The van der Waals surface area contributed by atoms with Gasteiger partial charge in [0.05, 0.1) is 5.75 Å². The van der Waals surface area contributed by atoms with Crippen LogP contribution >= 0.6 is 27.7 Å². The third-order valence-corrected chi connectivity index (χ3v) is 4.66. The van der Waals surface area contributed by atoms with Gasteiger partial charge in [-0.2, -0.15) is 0 Å². The fourth-order valence-electron chi connectivity index (χ4n) is 1.74. The van der Waals surface area contributed by atoms with Crippen molar-refractivity contribution in [2.24, 2.45) is 0 Å². The Kier molecular flexibility index (Phi) is 5.38. The molecule has 2 rings (SSSR count). The summed E-state index contributed by atoms with van der Waals surface area (Å²) in [6.07, 6.45) is 0.247. The Labute approximate surface area is 130 Å². The number of carbonyl (C=O) groups excluding carboxylic acids is 1. The predicted octanol–water partition coefficient (Wildman–Crippen LogP) is 4.80. The minimum atomic E-state index is -0.317. The standard InChI is InChI=1S/C16H14BrFOS/c1-11-2-5-15(6-3-11)20-10-14(19)9-12-8-13(18)4-7-16(12)17/h2-8H,9-10H2,1H3. The van der Waals surface area contributed by atoms with E-state index in [1.54, 1.807) is 6.07 Å². The van der Waals surface area contributed by atoms with E-state index in [4.69, 9.17) is 0 Å². The molecule has 0 saturated heterocycles. The third-order valence-electron chi connectivity index (χ3n) is 2.82. The lowest BCUT2D eigenvalue weighted by Crippen LogP contribution is -2.06. The van der Waals surface area contributed by atoms with Crippen LogP contribution < -0.4 is 0 Å². The van der Waals surface area contributed by atoms with Crippen LogP contribution in [0.4, 0.5) is 4.39 Å². The molecule has 0 aromatic heterocycles. The van der Waals surface area contributed by atoms with Gasteiger partial charge in [-0.25, -0.2) is 4.39 Å². The quantitative estimate of drug-likeness (QED) is 0.719. The van der Waals surface area contributed by atoms with Gasteiger partial charge in [-0.3, -0.25) is 4.79 Å². The molecule has 2 aromatic rings. The van der Waals surface area contributed by atoms with Crippen molar-refractivity contribution in [3.05, 3.63) is 63.9 Å². The zero-order chi connectivity index (χ0) is 14.5. The number of benzene rings is 2. The molecule has 0 aliphatic rings. The Morgan fingerprint density at radius 3 is 2.60 bits per heavy atom. The molecule has 0 saturated carbocycles. The molecule has 4 heteroatoms. The summed E-state index contributed by atoms with van der Waals surface area (Å²) in [4.78, 5) is 13.0. The molecule has 0 bridgehead atoms. The van der Waals surface area contributed by atoms with E-state index in [1.807, 2.05) is 31.2 Å². The van der Waals surface area contributed by atoms with Crippen LogP contribution in [0.15, 0.2) is 51.8 Å². The van der Waals surface area contributed by atoms with Crippen LogP contribution in [-0.4, -0.2) is 11.5 Å².